The van der Waals surface area contributed by atoms with Crippen molar-refractivity contribution in [3.05, 3.63) is 41.6 Å². The molecule has 1 N–H and O–H groups in total. The zero-order valence-corrected chi connectivity index (χ0v) is 17.3. The number of H-pyrrole nitrogens is 1. The highest BCUT2D eigenvalue weighted by molar-refractivity contribution is 5.93. The van der Waals surface area contributed by atoms with Crippen LogP contribution in [0.25, 0.3) is 10.9 Å². The molecular weight excluding hydrogens is 368 g/mol. The number of piperidine rings is 1. The molecule has 1 fully saturated rings. The molecule has 2 aliphatic rings. The Labute approximate surface area is 170 Å². The average molecular weight is 396 g/mol. The van der Waals surface area contributed by atoms with Gasteiger partial charge in [-0.05, 0) is 42.4 Å². The first-order valence-electron chi connectivity index (χ1n) is 10.3. The van der Waals surface area contributed by atoms with Gasteiger partial charge in [0.2, 0.25) is 0 Å². The molecule has 29 heavy (non-hydrogen) atoms. The fraction of sp³-hybridized carbons (Fsp3) is 0.478. The van der Waals surface area contributed by atoms with Crippen molar-refractivity contribution in [1.82, 2.24) is 9.88 Å². The second-order valence-corrected chi connectivity index (χ2v) is 8.08. The van der Waals surface area contributed by atoms with Gasteiger partial charge < -0.3 is 14.5 Å². The third kappa shape index (κ3) is 3.35. The van der Waals surface area contributed by atoms with E-state index in [2.05, 4.69) is 23.4 Å². The summed E-state index contributed by atoms with van der Waals surface area (Å²) in [5, 5.41) is 0.998. The van der Waals surface area contributed by atoms with Gasteiger partial charge in [-0.3, -0.25) is 9.69 Å². The number of carbonyl (C=O) groups is 2. The molecule has 1 aromatic heterocycles. The Balaban J connectivity index is 1.74. The van der Waals surface area contributed by atoms with Crippen LogP contribution in [0.3, 0.4) is 0 Å². The molecule has 3 atom stereocenters. The molecule has 0 radical (unpaired) electrons. The minimum Gasteiger partial charge on any atom is -0.466 e. The summed E-state index contributed by atoms with van der Waals surface area (Å²) < 4.78 is 10.4. The van der Waals surface area contributed by atoms with Crippen LogP contribution >= 0.6 is 0 Å². The number of nitrogens with one attached hydrogen (secondary N) is 1. The molecule has 0 amide bonds. The molecule has 6 heteroatoms. The number of rotatable bonds is 4. The largest absolute Gasteiger partial charge is 0.466 e. The summed E-state index contributed by atoms with van der Waals surface area (Å²) in [5.41, 5.74) is 3.94. The summed E-state index contributed by atoms with van der Waals surface area (Å²) in [7, 11) is 1.41. The van der Waals surface area contributed by atoms with Crippen molar-refractivity contribution in [3.63, 3.8) is 0 Å². The minimum absolute atomic E-state index is 0.0963. The maximum atomic E-state index is 12.2. The highest BCUT2D eigenvalue weighted by Gasteiger charge is 2.42. The van der Waals surface area contributed by atoms with Crippen molar-refractivity contribution in [1.29, 1.82) is 0 Å². The average Bonchev–Trinajstić information content (AvgIpc) is 3.11. The van der Waals surface area contributed by atoms with Crippen molar-refractivity contribution < 1.29 is 19.1 Å². The predicted molar refractivity (Wildman–Crippen MR) is 111 cm³/mol. The number of nitrogens with zero attached hydrogens (tertiary/aromatic N) is 1. The van der Waals surface area contributed by atoms with Crippen LogP contribution in [0.4, 0.5) is 0 Å². The second kappa shape index (κ2) is 7.67. The summed E-state index contributed by atoms with van der Waals surface area (Å²) >= 11 is 0. The van der Waals surface area contributed by atoms with Crippen LogP contribution in [0.1, 0.15) is 44.0 Å². The molecule has 0 saturated carbocycles. The summed E-state index contributed by atoms with van der Waals surface area (Å²) in [4.78, 5) is 29.8. The molecule has 4 rings (SSSR count). The Morgan fingerprint density at radius 1 is 1.34 bits per heavy atom. The fourth-order valence-corrected chi connectivity index (χ4v) is 5.15. The number of benzene rings is 1. The smallest absolute Gasteiger partial charge is 0.333 e. The number of carbonyl (C=O) groups excluding carboxylic acids is 2. The topological polar surface area (TPSA) is 71.6 Å². The molecule has 2 aromatic rings. The molecule has 1 saturated heterocycles. The number of aromatic amines is 1. The minimum atomic E-state index is -0.317. The van der Waals surface area contributed by atoms with Crippen LogP contribution < -0.4 is 4.74 Å². The molecule has 6 nitrogen and oxygen atoms in total. The summed E-state index contributed by atoms with van der Waals surface area (Å²) in [6, 6.07) is 5.95. The van der Waals surface area contributed by atoms with Gasteiger partial charge in [-0.2, -0.15) is 0 Å². The van der Waals surface area contributed by atoms with E-state index in [1.165, 1.54) is 25.3 Å². The lowest BCUT2D eigenvalue weighted by atomic mass is 9.74. The molecule has 154 valence electrons. The molecule has 0 unspecified atom stereocenters. The van der Waals surface area contributed by atoms with E-state index in [1.54, 1.807) is 0 Å². The molecule has 1 aromatic carbocycles. The van der Waals surface area contributed by atoms with Crippen LogP contribution in [0.5, 0.6) is 5.75 Å². The van der Waals surface area contributed by atoms with Crippen molar-refractivity contribution in [2.24, 2.45) is 11.8 Å². The monoisotopic (exact) mass is 396 g/mol. The van der Waals surface area contributed by atoms with E-state index in [0.717, 1.165) is 43.3 Å². The maximum absolute atomic E-state index is 12.2. The van der Waals surface area contributed by atoms with Gasteiger partial charge in [0.1, 0.15) is 5.75 Å². The lowest BCUT2D eigenvalue weighted by Gasteiger charge is -2.46. The molecule has 3 heterocycles. The van der Waals surface area contributed by atoms with Crippen LogP contribution in [-0.2, 0) is 20.7 Å². The van der Waals surface area contributed by atoms with Gasteiger partial charge in [-0.25, -0.2) is 4.79 Å². The number of hydrogen-bond acceptors (Lipinski definition) is 5. The first kappa shape index (κ1) is 19.7. The maximum Gasteiger partial charge on any atom is 0.333 e. The highest BCUT2D eigenvalue weighted by atomic mass is 16.5. The van der Waals surface area contributed by atoms with Gasteiger partial charge in [-0.1, -0.05) is 26.0 Å². The number of fused-ring (bicyclic) bond motifs is 5. The number of esters is 2. The Hall–Kier alpha value is -2.60. The SMILES string of the molecule is C=C(C(=O)OC)[C@H]1C[C@H]2c3[nH]c4cccc(OC(C)=O)c4c3CCN2C[C@H]1CC. The molecule has 0 bridgehead atoms. The zero-order valence-electron chi connectivity index (χ0n) is 17.3. The summed E-state index contributed by atoms with van der Waals surface area (Å²) in [5.74, 6) is 0.465. The lowest BCUT2D eigenvalue weighted by Crippen LogP contribution is -2.46. The van der Waals surface area contributed by atoms with E-state index < -0.39 is 0 Å². The van der Waals surface area contributed by atoms with E-state index in [1.807, 2.05) is 18.2 Å². The van der Waals surface area contributed by atoms with Crippen molar-refractivity contribution in [2.75, 3.05) is 20.2 Å². The van der Waals surface area contributed by atoms with E-state index in [0.29, 0.717) is 17.2 Å². The second-order valence-electron chi connectivity index (χ2n) is 8.08. The predicted octanol–water partition coefficient (Wildman–Crippen LogP) is 3.77. The third-order valence-electron chi connectivity index (χ3n) is 6.53. The van der Waals surface area contributed by atoms with Gasteiger partial charge in [0, 0.05) is 42.2 Å². The standard InChI is InChI=1S/C23H28N2O4/c1-5-15-12-25-10-9-16-21-18(7-6-8-20(21)29-14(3)26)24-22(16)19(25)11-17(15)13(2)23(27)28-4/h6-8,15,17,19,24H,2,5,9-12H2,1,3-4H3/t15-,17-,19+/m1/s1. The van der Waals surface area contributed by atoms with Crippen LogP contribution in [-0.4, -0.2) is 42.0 Å². The van der Waals surface area contributed by atoms with E-state index in [-0.39, 0.29) is 23.9 Å². The lowest BCUT2D eigenvalue weighted by molar-refractivity contribution is -0.137. The Morgan fingerprint density at radius 3 is 2.83 bits per heavy atom. The quantitative estimate of drug-likeness (QED) is 0.484. The molecule has 2 aliphatic heterocycles. The van der Waals surface area contributed by atoms with E-state index in [4.69, 9.17) is 9.47 Å². The van der Waals surface area contributed by atoms with Crippen LogP contribution in [0.15, 0.2) is 30.4 Å². The highest BCUT2D eigenvalue weighted by Crippen LogP contribution is 2.46. The van der Waals surface area contributed by atoms with Gasteiger partial charge in [0.25, 0.3) is 0 Å². The van der Waals surface area contributed by atoms with Crippen LogP contribution in [0, 0.1) is 11.8 Å². The number of aromatic nitrogens is 1. The summed E-state index contributed by atoms with van der Waals surface area (Å²) in [6.07, 6.45) is 2.73. The van der Waals surface area contributed by atoms with Gasteiger partial charge >= 0.3 is 11.9 Å². The molecule has 0 aliphatic carbocycles. The molecular formula is C23H28N2O4. The van der Waals surface area contributed by atoms with E-state index >= 15 is 0 Å². The Kier molecular flexibility index (Phi) is 5.21. The normalized spacial score (nSPS) is 23.9. The van der Waals surface area contributed by atoms with Crippen molar-refractivity contribution in [3.8, 4) is 5.75 Å². The van der Waals surface area contributed by atoms with Gasteiger partial charge in [-0.15, -0.1) is 0 Å². The molecule has 0 spiro atoms. The van der Waals surface area contributed by atoms with Crippen molar-refractivity contribution >= 4 is 22.8 Å². The summed E-state index contributed by atoms with van der Waals surface area (Å²) in [6.45, 7) is 9.56. The Morgan fingerprint density at radius 2 is 2.14 bits per heavy atom. The zero-order chi connectivity index (χ0) is 20.7. The first-order chi connectivity index (χ1) is 13.9. The first-order valence-corrected chi connectivity index (χ1v) is 10.3. The van der Waals surface area contributed by atoms with Gasteiger partial charge in [0.15, 0.2) is 0 Å². The Bertz CT molecular complexity index is 977. The fourth-order valence-electron chi connectivity index (χ4n) is 5.15. The van der Waals surface area contributed by atoms with Crippen LogP contribution in [0.2, 0.25) is 0 Å². The third-order valence-corrected chi connectivity index (χ3v) is 6.53. The number of hydrogen-bond donors (Lipinski definition) is 1. The van der Waals surface area contributed by atoms with E-state index in [9.17, 15) is 9.59 Å². The van der Waals surface area contributed by atoms with Gasteiger partial charge in [0.05, 0.1) is 13.2 Å². The van der Waals surface area contributed by atoms with Crippen molar-refractivity contribution in [2.45, 2.75) is 39.2 Å². The number of ether oxygens (including phenoxy) is 2. The number of methoxy groups -OCH3 is 1.